The van der Waals surface area contributed by atoms with Crippen LogP contribution in [0.15, 0.2) is 99.5 Å². The second-order valence-electron chi connectivity index (χ2n) is 7.77. The Kier molecular flexibility index (Phi) is 12.6. The van der Waals surface area contributed by atoms with Gasteiger partial charge in [0.05, 0.1) is 16.6 Å². The van der Waals surface area contributed by atoms with Gasteiger partial charge in [0.2, 0.25) is 0 Å². The van der Waals surface area contributed by atoms with Gasteiger partial charge in [-0.05, 0) is 59.3 Å². The summed E-state index contributed by atoms with van der Waals surface area (Å²) < 4.78 is 62.6. The van der Waals surface area contributed by atoms with Gasteiger partial charge in [0.1, 0.15) is 10.6 Å². The summed E-state index contributed by atoms with van der Waals surface area (Å²) in [5.41, 5.74) is 18.0. The van der Waals surface area contributed by atoms with Crippen LogP contribution in [0.4, 0.5) is 11.4 Å². The molecule has 11 nitrogen and oxygen atoms in total. The largest absolute Gasteiger partial charge is 0.505 e. The maximum absolute atomic E-state index is 11.2. The Labute approximate surface area is 240 Å². The van der Waals surface area contributed by atoms with Crippen LogP contribution >= 0.6 is 12.6 Å². The first-order valence-electron chi connectivity index (χ1n) is 11.7. The van der Waals surface area contributed by atoms with Gasteiger partial charge >= 0.3 is 0 Å². The van der Waals surface area contributed by atoms with E-state index >= 15 is 0 Å². The number of phenols is 1. The van der Waals surface area contributed by atoms with Gasteiger partial charge in [0, 0.05) is 16.8 Å². The third-order valence-corrected chi connectivity index (χ3v) is 7.36. The molecule has 1 heterocycles. The SMILES string of the molecule is C=C/C(S)=C\C.CC.NC1=CC=CC2=CC=CNC12.Nc1c(S(=O)(=O)O)cc2cc(S(=O)(=O)O)cc(N)c2c1O. The molecule has 0 aromatic heterocycles. The molecule has 0 saturated heterocycles. The van der Waals surface area contributed by atoms with Gasteiger partial charge in [0.25, 0.3) is 20.2 Å². The lowest BCUT2D eigenvalue weighted by Gasteiger charge is -2.23. The third-order valence-electron chi connectivity index (χ3n) is 5.19. The minimum absolute atomic E-state index is 0.104. The van der Waals surface area contributed by atoms with Crippen molar-refractivity contribution in [2.75, 3.05) is 11.5 Å². The van der Waals surface area contributed by atoms with Gasteiger partial charge in [-0.3, -0.25) is 9.11 Å². The maximum atomic E-state index is 11.2. The molecule has 0 radical (unpaired) electrons. The van der Waals surface area contributed by atoms with E-state index in [9.17, 15) is 21.9 Å². The molecule has 0 amide bonds. The lowest BCUT2D eigenvalue weighted by molar-refractivity contribution is 0.473. The monoisotopic (exact) mass is 610 g/mol. The van der Waals surface area contributed by atoms with Crippen molar-refractivity contribution >= 4 is 55.0 Å². The quantitative estimate of drug-likeness (QED) is 0.0814. The van der Waals surface area contributed by atoms with E-state index in [2.05, 4.69) is 36.7 Å². The molecular weight excluding hydrogens is 577 g/mol. The number of hydrogen-bond donors (Lipinski definition) is 8. The van der Waals surface area contributed by atoms with Gasteiger partial charge < -0.3 is 27.6 Å². The molecule has 1 aliphatic carbocycles. The normalized spacial score (nSPS) is 15.8. The summed E-state index contributed by atoms with van der Waals surface area (Å²) in [4.78, 5) is -0.479. The molecule has 1 aliphatic heterocycles. The van der Waals surface area contributed by atoms with Crippen LogP contribution in [0.5, 0.6) is 5.75 Å². The van der Waals surface area contributed by atoms with Crippen LogP contribution in [0.2, 0.25) is 0 Å². The number of anilines is 2. The molecule has 2 aromatic rings. The van der Waals surface area contributed by atoms with Crippen molar-refractivity contribution in [2.45, 2.75) is 36.6 Å². The highest BCUT2D eigenvalue weighted by Crippen LogP contribution is 2.40. The zero-order chi connectivity index (χ0) is 30.8. The fourth-order valence-corrected chi connectivity index (χ4v) is 4.51. The molecule has 14 heteroatoms. The summed E-state index contributed by atoms with van der Waals surface area (Å²) >= 11 is 3.97. The highest BCUT2D eigenvalue weighted by Gasteiger charge is 2.22. The molecule has 0 fully saturated rings. The predicted molar refractivity (Wildman–Crippen MR) is 164 cm³/mol. The van der Waals surface area contributed by atoms with Crippen molar-refractivity contribution in [1.82, 2.24) is 5.32 Å². The Balaban J connectivity index is 0.000000349. The minimum Gasteiger partial charge on any atom is -0.505 e. The first kappa shape index (κ1) is 34.3. The number of dihydropyridines is 1. The first-order chi connectivity index (χ1) is 18.6. The van der Waals surface area contributed by atoms with Crippen molar-refractivity contribution in [3.63, 3.8) is 0 Å². The smallest absolute Gasteiger partial charge is 0.296 e. The van der Waals surface area contributed by atoms with Crippen molar-refractivity contribution in [3.8, 4) is 5.75 Å². The van der Waals surface area contributed by atoms with Crippen molar-refractivity contribution in [3.05, 3.63) is 89.7 Å². The van der Waals surface area contributed by atoms with E-state index in [0.29, 0.717) is 0 Å². The molecule has 0 spiro atoms. The molecule has 0 saturated carbocycles. The van der Waals surface area contributed by atoms with Crippen molar-refractivity contribution in [2.24, 2.45) is 5.73 Å². The fraction of sp³-hybridized carbons (Fsp3) is 0.154. The van der Waals surface area contributed by atoms with E-state index in [1.165, 1.54) is 5.57 Å². The molecule has 40 heavy (non-hydrogen) atoms. The summed E-state index contributed by atoms with van der Waals surface area (Å²) in [6.07, 6.45) is 15.5. The minimum atomic E-state index is -4.75. The third kappa shape index (κ3) is 8.93. The van der Waals surface area contributed by atoms with Crippen LogP contribution in [0.3, 0.4) is 0 Å². The standard InChI is InChI=1S/C10H10N2O7S2.C9H10N2.C5H8S.C2H6/c11-6-3-5(20(14,15)16)1-4-2-7(21(17,18)19)9(12)10(13)8(4)6;10-8-5-1-3-7-4-2-6-11-9(7)8;1-3-5(6)4-2;1-2/h1-3,13H,11-12H2,(H,14,15,16)(H,17,18,19);1-6,9,11H,10H2;3-4,6H,1H2,2H3;1-2H3/b;;5-4+;. The number of nitrogens with two attached hydrogens (primary N) is 3. The Morgan fingerprint density at radius 2 is 1.65 bits per heavy atom. The second-order valence-corrected chi connectivity index (χ2v) is 11.1. The van der Waals surface area contributed by atoms with E-state index in [4.69, 9.17) is 26.3 Å². The first-order valence-corrected chi connectivity index (χ1v) is 15.0. The molecule has 1 atom stereocenters. The lowest BCUT2D eigenvalue weighted by atomic mass is 9.97. The van der Waals surface area contributed by atoms with Gasteiger partial charge in [-0.1, -0.05) is 50.8 Å². The number of thiol groups is 1. The van der Waals surface area contributed by atoms with Gasteiger partial charge in [-0.2, -0.15) is 16.8 Å². The number of aromatic hydroxyl groups is 1. The Bertz CT molecular complexity index is 1620. The Hall–Kier alpha value is -3.69. The number of nitrogens with one attached hydrogen (secondary N) is 1. The number of rotatable bonds is 3. The Morgan fingerprint density at radius 1 is 1.02 bits per heavy atom. The van der Waals surface area contributed by atoms with Gasteiger partial charge in [-0.15, -0.1) is 12.6 Å². The number of phenolic OH excluding ortho intramolecular Hbond substituents is 1. The van der Waals surface area contributed by atoms with E-state index in [1.54, 1.807) is 6.08 Å². The number of allylic oxidation sites excluding steroid dienone is 6. The molecular formula is C26H34N4O7S3. The number of benzene rings is 2. The Morgan fingerprint density at radius 3 is 2.12 bits per heavy atom. The van der Waals surface area contributed by atoms with E-state index in [1.807, 2.05) is 51.3 Å². The zero-order valence-corrected chi connectivity index (χ0v) is 24.6. The average molecular weight is 611 g/mol. The topological polar surface area (TPSA) is 219 Å². The van der Waals surface area contributed by atoms with E-state index in [-0.39, 0.29) is 22.5 Å². The summed E-state index contributed by atoms with van der Waals surface area (Å²) in [7, 11) is -9.34. The van der Waals surface area contributed by atoms with Crippen LogP contribution < -0.4 is 22.5 Å². The summed E-state index contributed by atoms with van der Waals surface area (Å²) in [6, 6.07) is 2.80. The number of fused-ring (bicyclic) bond motifs is 2. The van der Waals surface area contributed by atoms with Gasteiger partial charge in [0.15, 0.2) is 0 Å². The molecule has 10 N–H and O–H groups in total. The van der Waals surface area contributed by atoms with E-state index in [0.717, 1.165) is 28.8 Å². The zero-order valence-electron chi connectivity index (χ0n) is 22.1. The summed E-state index contributed by atoms with van der Waals surface area (Å²) in [6.45, 7) is 9.41. The highest BCUT2D eigenvalue weighted by atomic mass is 32.2. The van der Waals surface area contributed by atoms with Crippen LogP contribution in [0.1, 0.15) is 20.8 Å². The molecule has 218 valence electrons. The maximum Gasteiger partial charge on any atom is 0.296 e. The number of nitrogen functional groups attached to an aromatic ring is 2. The van der Waals surface area contributed by atoms with Crippen molar-refractivity contribution in [1.29, 1.82) is 0 Å². The lowest BCUT2D eigenvalue weighted by Crippen LogP contribution is -2.34. The van der Waals surface area contributed by atoms with Crippen LogP contribution in [0, 0.1) is 0 Å². The predicted octanol–water partition coefficient (Wildman–Crippen LogP) is 4.05. The van der Waals surface area contributed by atoms with Crippen LogP contribution in [-0.4, -0.2) is 37.1 Å². The molecule has 1 unspecified atom stereocenters. The number of hydrogen-bond acceptors (Lipinski definition) is 10. The second kappa shape index (κ2) is 14.6. The van der Waals surface area contributed by atoms with Gasteiger partial charge in [-0.25, -0.2) is 0 Å². The van der Waals surface area contributed by atoms with Crippen LogP contribution in [-0.2, 0) is 20.2 Å². The fourth-order valence-electron chi connectivity index (χ4n) is 3.31. The highest BCUT2D eigenvalue weighted by molar-refractivity contribution is 7.86. The van der Waals surface area contributed by atoms with Crippen LogP contribution in [0.25, 0.3) is 10.8 Å². The van der Waals surface area contributed by atoms with Crippen molar-refractivity contribution < 1.29 is 31.0 Å². The summed E-state index contributed by atoms with van der Waals surface area (Å²) in [5, 5.41) is 12.8. The molecule has 0 bridgehead atoms. The molecule has 2 aliphatic rings. The molecule has 2 aromatic carbocycles. The molecule has 4 rings (SSSR count). The average Bonchev–Trinajstić information content (AvgIpc) is 2.91. The summed E-state index contributed by atoms with van der Waals surface area (Å²) in [5.74, 6) is -0.723. The van der Waals surface area contributed by atoms with E-state index < -0.39 is 41.5 Å².